The molecule has 2 aromatic heterocycles. The Hall–Kier alpha value is -2.04. The second-order valence-electron chi connectivity index (χ2n) is 5.36. The van der Waals surface area contributed by atoms with Gasteiger partial charge in [-0.05, 0) is 25.0 Å². The molecular weight excluding hydrogens is 392 g/mol. The molecule has 7 nitrogen and oxygen atoms in total. The lowest BCUT2D eigenvalue weighted by atomic mass is 10.2. The van der Waals surface area contributed by atoms with E-state index in [1.54, 1.807) is 24.5 Å². The molecule has 0 spiro atoms. The highest BCUT2D eigenvalue weighted by atomic mass is 32.2. The minimum absolute atomic E-state index is 0.152. The van der Waals surface area contributed by atoms with Gasteiger partial charge in [0.2, 0.25) is 11.0 Å². The number of thioether (sulfide) groups is 1. The van der Waals surface area contributed by atoms with E-state index in [2.05, 4.69) is 15.5 Å². The molecule has 10 heteroatoms. The molecule has 0 aromatic carbocycles. The summed E-state index contributed by atoms with van der Waals surface area (Å²) in [6.45, 7) is 2.37. The van der Waals surface area contributed by atoms with Crippen LogP contribution in [0.2, 0.25) is 0 Å². The number of carbonyl (C=O) groups excluding carboxylic acids is 2. The van der Waals surface area contributed by atoms with Crippen LogP contribution in [0.4, 0.5) is 5.13 Å². The van der Waals surface area contributed by atoms with Gasteiger partial charge in [-0.15, -0.1) is 10.2 Å². The molecule has 0 bridgehead atoms. The normalized spacial score (nSPS) is 15.9. The predicted octanol–water partition coefficient (Wildman–Crippen LogP) is 3.31. The maximum atomic E-state index is 12.4. The van der Waals surface area contributed by atoms with Crippen molar-refractivity contribution < 1.29 is 14.0 Å². The van der Waals surface area contributed by atoms with E-state index in [1.165, 1.54) is 28.0 Å². The van der Waals surface area contributed by atoms with E-state index in [0.717, 1.165) is 11.4 Å². The Balaban J connectivity index is 1.49. The summed E-state index contributed by atoms with van der Waals surface area (Å²) >= 11 is 7.87. The minimum atomic E-state index is -0.159. The molecule has 0 saturated carbocycles. The summed E-state index contributed by atoms with van der Waals surface area (Å²) < 4.78 is 5.72. The fourth-order valence-corrected chi connectivity index (χ4v) is 4.21. The molecule has 1 N–H and O–H groups in total. The van der Waals surface area contributed by atoms with Crippen LogP contribution >= 0.6 is 35.3 Å². The Morgan fingerprint density at radius 1 is 1.46 bits per heavy atom. The smallest absolute Gasteiger partial charge is 0.266 e. The topological polar surface area (TPSA) is 88.3 Å². The number of anilines is 1. The van der Waals surface area contributed by atoms with Crippen molar-refractivity contribution in [1.82, 2.24) is 15.1 Å². The Labute approximate surface area is 163 Å². The largest absolute Gasteiger partial charge is 0.465 e. The molecule has 0 aliphatic carbocycles. The van der Waals surface area contributed by atoms with Crippen LogP contribution in [0.3, 0.4) is 0 Å². The summed E-state index contributed by atoms with van der Waals surface area (Å²) in [5.74, 6) is 0.294. The van der Waals surface area contributed by atoms with Crippen LogP contribution in [0.15, 0.2) is 27.7 Å². The zero-order chi connectivity index (χ0) is 18.5. The van der Waals surface area contributed by atoms with Gasteiger partial charge in [-0.25, -0.2) is 0 Å². The lowest BCUT2D eigenvalue weighted by molar-refractivity contribution is -0.122. The van der Waals surface area contributed by atoms with Gasteiger partial charge in [-0.1, -0.05) is 42.2 Å². The van der Waals surface area contributed by atoms with Gasteiger partial charge < -0.3 is 9.73 Å². The Kier molecular flexibility index (Phi) is 6.17. The monoisotopic (exact) mass is 408 g/mol. The van der Waals surface area contributed by atoms with Crippen molar-refractivity contribution in [2.75, 3.05) is 11.9 Å². The van der Waals surface area contributed by atoms with Crippen molar-refractivity contribution >= 4 is 62.7 Å². The van der Waals surface area contributed by atoms with Crippen molar-refractivity contribution in [3.05, 3.63) is 34.1 Å². The standard InChI is InChI=1S/C16H16N4O3S3/c1-2-13-18-19-15(26-13)17-12(21)6-3-7-20-14(22)11(25-16(20)24)9-10-5-4-8-23-10/h4-5,8-9H,2-3,6-7H2,1H3,(H,17,19,21)/b11-9+. The number of carbonyl (C=O) groups is 2. The van der Waals surface area contributed by atoms with Crippen LogP contribution in [-0.2, 0) is 16.0 Å². The van der Waals surface area contributed by atoms with Gasteiger partial charge in [0.25, 0.3) is 5.91 Å². The number of hydrogen-bond donors (Lipinski definition) is 1. The number of nitrogens with one attached hydrogen (secondary N) is 1. The van der Waals surface area contributed by atoms with E-state index in [9.17, 15) is 9.59 Å². The zero-order valence-electron chi connectivity index (χ0n) is 13.9. The quantitative estimate of drug-likeness (QED) is 0.555. The first-order valence-corrected chi connectivity index (χ1v) is 10.0. The molecule has 0 atom stereocenters. The lowest BCUT2D eigenvalue weighted by Crippen LogP contribution is -2.29. The van der Waals surface area contributed by atoms with Gasteiger partial charge in [0.05, 0.1) is 11.2 Å². The summed E-state index contributed by atoms with van der Waals surface area (Å²) in [6, 6.07) is 3.53. The molecule has 1 saturated heterocycles. The lowest BCUT2D eigenvalue weighted by Gasteiger charge is -2.13. The summed E-state index contributed by atoms with van der Waals surface area (Å²) in [5.41, 5.74) is 0. The second-order valence-corrected chi connectivity index (χ2v) is 8.09. The third-order valence-electron chi connectivity index (χ3n) is 3.49. The van der Waals surface area contributed by atoms with Gasteiger partial charge in [-0.2, -0.15) is 0 Å². The summed E-state index contributed by atoms with van der Waals surface area (Å²) in [7, 11) is 0. The highest BCUT2D eigenvalue weighted by Gasteiger charge is 2.31. The Morgan fingerprint density at radius 3 is 3.00 bits per heavy atom. The van der Waals surface area contributed by atoms with Crippen LogP contribution in [0, 0.1) is 0 Å². The number of amides is 2. The van der Waals surface area contributed by atoms with Gasteiger partial charge in [0, 0.05) is 19.0 Å². The van der Waals surface area contributed by atoms with Crippen LogP contribution in [0.5, 0.6) is 0 Å². The average molecular weight is 409 g/mol. The molecule has 2 aromatic rings. The maximum Gasteiger partial charge on any atom is 0.266 e. The van der Waals surface area contributed by atoms with E-state index in [1.807, 2.05) is 6.92 Å². The van der Waals surface area contributed by atoms with Crippen LogP contribution in [-0.4, -0.2) is 37.8 Å². The van der Waals surface area contributed by atoms with Crippen molar-refractivity contribution in [2.24, 2.45) is 0 Å². The fraction of sp³-hybridized carbons (Fsp3) is 0.312. The van der Waals surface area contributed by atoms with Gasteiger partial charge in [0.15, 0.2) is 0 Å². The van der Waals surface area contributed by atoms with Gasteiger partial charge in [0.1, 0.15) is 15.1 Å². The van der Waals surface area contributed by atoms with Crippen molar-refractivity contribution in [1.29, 1.82) is 0 Å². The molecule has 26 heavy (non-hydrogen) atoms. The third kappa shape index (κ3) is 4.57. The summed E-state index contributed by atoms with van der Waals surface area (Å²) in [6.07, 6.45) is 4.79. The maximum absolute atomic E-state index is 12.4. The first-order chi connectivity index (χ1) is 12.6. The molecule has 136 valence electrons. The number of aromatic nitrogens is 2. The Bertz CT molecular complexity index is 845. The highest BCUT2D eigenvalue weighted by molar-refractivity contribution is 8.26. The van der Waals surface area contributed by atoms with Crippen LogP contribution < -0.4 is 5.32 Å². The molecule has 1 fully saturated rings. The van der Waals surface area contributed by atoms with Crippen LogP contribution in [0.25, 0.3) is 6.08 Å². The molecular formula is C16H16N4O3S3. The van der Waals surface area contributed by atoms with Crippen molar-refractivity contribution in [3.8, 4) is 0 Å². The van der Waals surface area contributed by atoms with Crippen molar-refractivity contribution in [3.63, 3.8) is 0 Å². The highest BCUT2D eigenvalue weighted by Crippen LogP contribution is 2.32. The van der Waals surface area contributed by atoms with Crippen molar-refractivity contribution in [2.45, 2.75) is 26.2 Å². The predicted molar refractivity (Wildman–Crippen MR) is 106 cm³/mol. The number of thiocarbonyl (C=S) groups is 1. The molecule has 2 amide bonds. The summed E-state index contributed by atoms with van der Waals surface area (Å²) in [4.78, 5) is 26.5. The van der Waals surface area contributed by atoms with Crippen LogP contribution in [0.1, 0.15) is 30.5 Å². The zero-order valence-corrected chi connectivity index (χ0v) is 16.4. The first-order valence-electron chi connectivity index (χ1n) is 7.98. The third-order valence-corrected chi connectivity index (χ3v) is 5.85. The fourth-order valence-electron chi connectivity index (χ4n) is 2.22. The molecule has 1 aliphatic rings. The minimum Gasteiger partial charge on any atom is -0.465 e. The first kappa shape index (κ1) is 18.7. The van der Waals surface area contributed by atoms with E-state index < -0.39 is 0 Å². The molecule has 3 heterocycles. The van der Waals surface area contributed by atoms with Gasteiger partial charge >= 0.3 is 0 Å². The summed E-state index contributed by atoms with van der Waals surface area (Å²) in [5, 5.41) is 12.0. The Morgan fingerprint density at radius 2 is 2.31 bits per heavy atom. The average Bonchev–Trinajstić information content (AvgIpc) is 3.33. The number of nitrogens with zero attached hydrogens (tertiary/aromatic N) is 3. The SMILES string of the molecule is CCc1nnc(NC(=O)CCCN2C(=O)/C(=C\c3ccco3)SC2=S)s1. The molecule has 0 unspecified atom stereocenters. The molecule has 1 aliphatic heterocycles. The second kappa shape index (κ2) is 8.56. The number of rotatable bonds is 7. The van der Waals surface area contributed by atoms with E-state index in [-0.39, 0.29) is 18.2 Å². The van der Waals surface area contributed by atoms with E-state index in [4.69, 9.17) is 16.6 Å². The number of aryl methyl sites for hydroxylation is 1. The molecule has 3 rings (SSSR count). The number of furan rings is 1. The van der Waals surface area contributed by atoms with Gasteiger partial charge in [-0.3, -0.25) is 14.5 Å². The van der Waals surface area contributed by atoms with E-state index >= 15 is 0 Å². The number of hydrogen-bond acceptors (Lipinski definition) is 8. The van der Waals surface area contributed by atoms with E-state index in [0.29, 0.717) is 33.1 Å². The molecule has 0 radical (unpaired) electrons.